The number of aromatic nitrogens is 1. The summed E-state index contributed by atoms with van der Waals surface area (Å²) in [4.78, 5) is 4.39. The van der Waals surface area contributed by atoms with Crippen molar-refractivity contribution in [3.8, 4) is 11.6 Å². The predicted octanol–water partition coefficient (Wildman–Crippen LogP) is 3.25. The van der Waals surface area contributed by atoms with Gasteiger partial charge in [-0.15, -0.1) is 0 Å². The molecule has 2 N–H and O–H groups in total. The summed E-state index contributed by atoms with van der Waals surface area (Å²) >= 11 is 0. The second-order valence-corrected chi connectivity index (χ2v) is 4.57. The average Bonchev–Trinajstić information content (AvgIpc) is 2.43. The van der Waals surface area contributed by atoms with Gasteiger partial charge in [-0.2, -0.15) is 0 Å². The Morgan fingerprint density at radius 3 is 2.74 bits per heavy atom. The maximum atomic E-state index is 5.92. The number of pyridine rings is 1. The highest BCUT2D eigenvalue weighted by Crippen LogP contribution is 2.26. The minimum absolute atomic E-state index is 0.639. The summed E-state index contributed by atoms with van der Waals surface area (Å²) in [6.07, 6.45) is 3.63. The second-order valence-electron chi connectivity index (χ2n) is 4.57. The van der Waals surface area contributed by atoms with Crippen LogP contribution in [0.15, 0.2) is 36.5 Å². The van der Waals surface area contributed by atoms with Gasteiger partial charge < -0.3 is 10.5 Å². The number of nitrogens with zero attached hydrogens (tertiary/aromatic N) is 1. The van der Waals surface area contributed by atoms with Crippen LogP contribution in [-0.4, -0.2) is 11.5 Å². The lowest BCUT2D eigenvalue weighted by atomic mass is 10.1. The van der Waals surface area contributed by atoms with Gasteiger partial charge in [0.2, 0.25) is 5.88 Å². The molecule has 1 heterocycles. The maximum absolute atomic E-state index is 5.92. The molecular formula is C16H20N2O. The topological polar surface area (TPSA) is 48.1 Å². The highest BCUT2D eigenvalue weighted by molar-refractivity contribution is 5.38. The number of benzene rings is 1. The fraction of sp³-hybridized carbons (Fsp3) is 0.312. The molecule has 2 aromatic rings. The van der Waals surface area contributed by atoms with E-state index < -0.39 is 0 Å². The van der Waals surface area contributed by atoms with E-state index in [0.717, 1.165) is 29.7 Å². The smallest absolute Gasteiger partial charge is 0.222 e. The van der Waals surface area contributed by atoms with Gasteiger partial charge in [-0.1, -0.05) is 25.1 Å². The van der Waals surface area contributed by atoms with Crippen LogP contribution in [0.5, 0.6) is 11.6 Å². The molecule has 0 saturated heterocycles. The van der Waals surface area contributed by atoms with Crippen LogP contribution in [0.4, 0.5) is 0 Å². The van der Waals surface area contributed by atoms with Gasteiger partial charge in [-0.3, -0.25) is 0 Å². The maximum Gasteiger partial charge on any atom is 0.222 e. The van der Waals surface area contributed by atoms with E-state index in [4.69, 9.17) is 10.5 Å². The van der Waals surface area contributed by atoms with Gasteiger partial charge in [-0.25, -0.2) is 4.98 Å². The minimum Gasteiger partial charge on any atom is -0.438 e. The van der Waals surface area contributed by atoms with E-state index >= 15 is 0 Å². The van der Waals surface area contributed by atoms with Crippen LogP contribution in [0, 0.1) is 6.92 Å². The SMILES string of the molecule is CCc1ccccc1Oc1ncc(CCN)cc1C. The Balaban J connectivity index is 2.23. The van der Waals surface area contributed by atoms with E-state index in [1.54, 1.807) is 0 Å². The Kier molecular flexibility index (Phi) is 4.53. The molecule has 0 aliphatic rings. The van der Waals surface area contributed by atoms with Crippen LogP contribution >= 0.6 is 0 Å². The molecule has 3 nitrogen and oxygen atoms in total. The molecule has 0 spiro atoms. The van der Waals surface area contributed by atoms with Crippen molar-refractivity contribution in [3.05, 3.63) is 53.2 Å². The zero-order chi connectivity index (χ0) is 13.7. The van der Waals surface area contributed by atoms with Gasteiger partial charge >= 0.3 is 0 Å². The van der Waals surface area contributed by atoms with Crippen LogP contribution in [0.3, 0.4) is 0 Å². The van der Waals surface area contributed by atoms with E-state index in [1.807, 2.05) is 31.3 Å². The van der Waals surface area contributed by atoms with Gasteiger partial charge in [0, 0.05) is 11.8 Å². The molecular weight excluding hydrogens is 236 g/mol. The monoisotopic (exact) mass is 256 g/mol. The number of hydrogen-bond donors (Lipinski definition) is 1. The lowest BCUT2D eigenvalue weighted by Gasteiger charge is -2.11. The van der Waals surface area contributed by atoms with Crippen LogP contribution in [0.1, 0.15) is 23.6 Å². The quantitative estimate of drug-likeness (QED) is 0.893. The van der Waals surface area contributed by atoms with Crippen molar-refractivity contribution in [1.82, 2.24) is 4.98 Å². The van der Waals surface area contributed by atoms with Gasteiger partial charge in [0.15, 0.2) is 0 Å². The number of ether oxygens (including phenoxy) is 1. The van der Waals surface area contributed by atoms with Gasteiger partial charge in [0.1, 0.15) is 5.75 Å². The molecule has 100 valence electrons. The number of nitrogens with two attached hydrogens (primary N) is 1. The molecule has 0 amide bonds. The van der Waals surface area contributed by atoms with Crippen molar-refractivity contribution in [2.24, 2.45) is 5.73 Å². The summed E-state index contributed by atoms with van der Waals surface area (Å²) in [7, 11) is 0. The number of hydrogen-bond acceptors (Lipinski definition) is 3. The van der Waals surface area contributed by atoms with Crippen LogP contribution in [-0.2, 0) is 12.8 Å². The van der Waals surface area contributed by atoms with Crippen molar-refractivity contribution in [1.29, 1.82) is 0 Å². The van der Waals surface area contributed by atoms with Gasteiger partial charge in [0.25, 0.3) is 0 Å². The molecule has 1 aromatic heterocycles. The summed E-state index contributed by atoms with van der Waals surface area (Å²) in [5, 5.41) is 0. The van der Waals surface area contributed by atoms with Crippen molar-refractivity contribution in [3.63, 3.8) is 0 Å². The molecule has 0 radical (unpaired) electrons. The predicted molar refractivity (Wildman–Crippen MR) is 77.6 cm³/mol. The first kappa shape index (κ1) is 13.6. The lowest BCUT2D eigenvalue weighted by Crippen LogP contribution is -2.04. The number of rotatable bonds is 5. The average molecular weight is 256 g/mol. The van der Waals surface area contributed by atoms with Crippen LogP contribution in [0.2, 0.25) is 0 Å². The largest absolute Gasteiger partial charge is 0.438 e. The molecule has 0 saturated carbocycles. The number of aryl methyl sites for hydroxylation is 2. The Morgan fingerprint density at radius 1 is 1.26 bits per heavy atom. The molecule has 2 rings (SSSR count). The first-order valence-electron chi connectivity index (χ1n) is 6.66. The Labute approximate surface area is 114 Å². The third-order valence-corrected chi connectivity index (χ3v) is 3.08. The zero-order valence-corrected chi connectivity index (χ0v) is 11.5. The van der Waals surface area contributed by atoms with E-state index in [1.165, 1.54) is 5.56 Å². The fourth-order valence-corrected chi connectivity index (χ4v) is 2.03. The Morgan fingerprint density at radius 2 is 2.05 bits per heavy atom. The third-order valence-electron chi connectivity index (χ3n) is 3.08. The van der Waals surface area contributed by atoms with Gasteiger partial charge in [0.05, 0.1) is 0 Å². The Hall–Kier alpha value is -1.87. The highest BCUT2D eigenvalue weighted by atomic mass is 16.5. The molecule has 0 atom stereocenters. The zero-order valence-electron chi connectivity index (χ0n) is 11.5. The summed E-state index contributed by atoms with van der Waals surface area (Å²) < 4.78 is 5.92. The van der Waals surface area contributed by atoms with E-state index in [9.17, 15) is 0 Å². The molecule has 19 heavy (non-hydrogen) atoms. The number of para-hydroxylation sites is 1. The molecule has 0 unspecified atom stereocenters. The molecule has 3 heteroatoms. The summed E-state index contributed by atoms with van der Waals surface area (Å²) in [5.74, 6) is 1.55. The molecule has 1 aromatic carbocycles. The molecule has 0 bridgehead atoms. The van der Waals surface area contributed by atoms with E-state index in [2.05, 4.69) is 24.0 Å². The van der Waals surface area contributed by atoms with Crippen LogP contribution < -0.4 is 10.5 Å². The minimum atomic E-state index is 0.639. The molecule has 0 aliphatic heterocycles. The van der Waals surface area contributed by atoms with Gasteiger partial charge in [-0.05, 0) is 49.6 Å². The first-order valence-corrected chi connectivity index (χ1v) is 6.66. The van der Waals surface area contributed by atoms with Crippen LogP contribution in [0.25, 0.3) is 0 Å². The molecule has 0 fully saturated rings. The normalized spacial score (nSPS) is 10.5. The fourth-order valence-electron chi connectivity index (χ4n) is 2.03. The van der Waals surface area contributed by atoms with Crippen molar-refractivity contribution >= 4 is 0 Å². The second kappa shape index (κ2) is 6.34. The van der Waals surface area contributed by atoms with E-state index in [0.29, 0.717) is 12.4 Å². The first-order chi connectivity index (χ1) is 9.24. The van der Waals surface area contributed by atoms with Crippen molar-refractivity contribution < 1.29 is 4.74 Å². The van der Waals surface area contributed by atoms with Crippen molar-refractivity contribution in [2.75, 3.05) is 6.54 Å². The molecule has 0 aliphatic carbocycles. The summed E-state index contributed by atoms with van der Waals surface area (Å²) in [6, 6.07) is 10.1. The Bertz CT molecular complexity index is 552. The highest BCUT2D eigenvalue weighted by Gasteiger charge is 2.07. The standard InChI is InChI=1S/C16H20N2O/c1-3-14-6-4-5-7-15(14)19-16-12(2)10-13(8-9-17)11-18-16/h4-7,10-11H,3,8-9,17H2,1-2H3. The van der Waals surface area contributed by atoms with E-state index in [-0.39, 0.29) is 0 Å². The summed E-state index contributed by atoms with van der Waals surface area (Å²) in [5.41, 5.74) is 8.93. The van der Waals surface area contributed by atoms with Crippen molar-refractivity contribution in [2.45, 2.75) is 26.7 Å². The third kappa shape index (κ3) is 3.32. The lowest BCUT2D eigenvalue weighted by molar-refractivity contribution is 0.453. The summed E-state index contributed by atoms with van der Waals surface area (Å²) in [6.45, 7) is 4.77.